The van der Waals surface area contributed by atoms with Gasteiger partial charge in [-0.1, -0.05) is 0 Å². The van der Waals surface area contributed by atoms with Gasteiger partial charge in [0.1, 0.15) is 5.65 Å². The fourth-order valence-electron chi connectivity index (χ4n) is 3.84. The second kappa shape index (κ2) is 5.18. The minimum absolute atomic E-state index is 0.517. The Balaban J connectivity index is 1.55. The lowest BCUT2D eigenvalue weighted by Crippen LogP contribution is -2.32. The minimum atomic E-state index is 0.517. The van der Waals surface area contributed by atoms with Crippen molar-refractivity contribution in [1.82, 2.24) is 19.3 Å². The minimum Gasteiger partial charge on any atom is -0.336 e. The van der Waals surface area contributed by atoms with E-state index in [4.69, 9.17) is 15.8 Å². The Morgan fingerprint density at radius 2 is 2.04 bits per heavy atom. The molecule has 3 aromatic rings. The summed E-state index contributed by atoms with van der Waals surface area (Å²) < 4.78 is 4.27. The third kappa shape index (κ3) is 2.18. The first-order chi connectivity index (χ1) is 11.7. The highest BCUT2D eigenvalue weighted by atomic mass is 15.3. The molecule has 5 rings (SSSR count). The van der Waals surface area contributed by atoms with Gasteiger partial charge in [-0.2, -0.15) is 5.10 Å². The fraction of sp³-hybridized carbons (Fsp3) is 0.474. The first-order valence-corrected chi connectivity index (χ1v) is 8.94. The molecule has 3 aromatic heterocycles. The predicted molar refractivity (Wildman–Crippen MR) is 94.7 cm³/mol. The summed E-state index contributed by atoms with van der Waals surface area (Å²) in [5.74, 6) is 1.29. The Kier molecular flexibility index (Phi) is 3.07. The number of aromatic nitrogens is 4. The van der Waals surface area contributed by atoms with Gasteiger partial charge in [0.15, 0.2) is 0 Å². The van der Waals surface area contributed by atoms with Gasteiger partial charge in [0.05, 0.1) is 17.4 Å². The number of hydrogen-bond acceptors (Lipinski definition) is 3. The molecule has 2 N–H and O–H groups in total. The van der Waals surface area contributed by atoms with Crippen LogP contribution in [-0.4, -0.2) is 25.9 Å². The molecule has 3 heterocycles. The molecule has 0 spiro atoms. The highest BCUT2D eigenvalue weighted by molar-refractivity contribution is 5.80. The van der Waals surface area contributed by atoms with Crippen molar-refractivity contribution in [3.63, 3.8) is 0 Å². The maximum atomic E-state index is 5.77. The van der Waals surface area contributed by atoms with Crippen LogP contribution in [0.1, 0.15) is 43.3 Å². The summed E-state index contributed by atoms with van der Waals surface area (Å²) in [5.41, 5.74) is 10.3. The van der Waals surface area contributed by atoms with Crippen molar-refractivity contribution >= 4 is 11.0 Å². The quantitative estimate of drug-likeness (QED) is 0.802. The summed E-state index contributed by atoms with van der Waals surface area (Å²) in [5, 5.41) is 6.15. The molecule has 124 valence electrons. The zero-order chi connectivity index (χ0) is 16.3. The van der Waals surface area contributed by atoms with Crippen LogP contribution in [0.15, 0.2) is 30.6 Å². The van der Waals surface area contributed by atoms with Crippen molar-refractivity contribution in [2.45, 2.75) is 37.6 Å². The molecule has 0 unspecified atom stereocenters. The highest BCUT2D eigenvalue weighted by Gasteiger charge is 2.34. The molecule has 0 amide bonds. The van der Waals surface area contributed by atoms with Gasteiger partial charge in [0, 0.05) is 36.3 Å². The molecular weight excluding hydrogens is 298 g/mol. The lowest BCUT2D eigenvalue weighted by molar-refractivity contribution is 0.189. The van der Waals surface area contributed by atoms with Crippen molar-refractivity contribution in [3.05, 3.63) is 36.3 Å². The van der Waals surface area contributed by atoms with E-state index in [1.807, 2.05) is 7.05 Å². The molecule has 0 radical (unpaired) electrons. The van der Waals surface area contributed by atoms with Crippen LogP contribution in [0.2, 0.25) is 0 Å². The number of nitrogens with two attached hydrogens (primary N) is 1. The lowest BCUT2D eigenvalue weighted by atomic mass is 9.80. The standard InChI is InChI=1S/C19H23N5/c1-23-7-6-14-4-5-17(21-19(14)23)16-11-24(15-8-12(9-15)10-20)22-18(16)13-2-3-13/h4-7,11-13,15H,2-3,8-10,20H2,1H3. The first-order valence-electron chi connectivity index (χ1n) is 8.94. The molecule has 2 aliphatic rings. The van der Waals surface area contributed by atoms with Gasteiger partial charge in [0.25, 0.3) is 0 Å². The summed E-state index contributed by atoms with van der Waals surface area (Å²) >= 11 is 0. The molecule has 24 heavy (non-hydrogen) atoms. The van der Waals surface area contributed by atoms with Crippen molar-refractivity contribution in [3.8, 4) is 11.3 Å². The summed E-state index contributed by atoms with van der Waals surface area (Å²) in [4.78, 5) is 4.91. The zero-order valence-electron chi connectivity index (χ0n) is 14.0. The average molecular weight is 321 g/mol. The molecule has 5 heteroatoms. The molecular formula is C19H23N5. The molecule has 0 aromatic carbocycles. The Morgan fingerprint density at radius 1 is 1.21 bits per heavy atom. The third-order valence-electron chi connectivity index (χ3n) is 5.64. The zero-order valence-corrected chi connectivity index (χ0v) is 14.0. The Labute approximate surface area is 141 Å². The second-order valence-electron chi connectivity index (χ2n) is 7.45. The topological polar surface area (TPSA) is 61.7 Å². The Hall–Kier alpha value is -2.14. The molecule has 0 bridgehead atoms. The third-order valence-corrected chi connectivity index (χ3v) is 5.64. The average Bonchev–Trinajstić information content (AvgIpc) is 3.21. The number of fused-ring (bicyclic) bond motifs is 1. The van der Waals surface area contributed by atoms with Crippen LogP contribution in [0.25, 0.3) is 22.3 Å². The van der Waals surface area contributed by atoms with E-state index in [2.05, 4.69) is 39.8 Å². The number of aryl methyl sites for hydroxylation is 1. The van der Waals surface area contributed by atoms with Crippen LogP contribution in [-0.2, 0) is 7.05 Å². The second-order valence-corrected chi connectivity index (χ2v) is 7.45. The van der Waals surface area contributed by atoms with Gasteiger partial charge in [-0.25, -0.2) is 4.98 Å². The number of pyridine rings is 1. The van der Waals surface area contributed by atoms with Crippen LogP contribution in [0.3, 0.4) is 0 Å². The molecule has 0 aliphatic heterocycles. The van der Waals surface area contributed by atoms with E-state index in [1.54, 1.807) is 0 Å². The van der Waals surface area contributed by atoms with E-state index in [-0.39, 0.29) is 0 Å². The SMILES string of the molecule is Cn1ccc2ccc(-c3cn(C4CC(CN)C4)nc3C3CC3)nc21. The molecule has 0 saturated heterocycles. The van der Waals surface area contributed by atoms with E-state index < -0.39 is 0 Å². The van der Waals surface area contributed by atoms with Gasteiger partial charge in [0.2, 0.25) is 0 Å². The molecule has 2 aliphatic carbocycles. The fourth-order valence-corrected chi connectivity index (χ4v) is 3.84. The van der Waals surface area contributed by atoms with Crippen LogP contribution in [0, 0.1) is 5.92 Å². The van der Waals surface area contributed by atoms with E-state index in [0.29, 0.717) is 17.9 Å². The van der Waals surface area contributed by atoms with Gasteiger partial charge in [-0.05, 0) is 56.3 Å². The van der Waals surface area contributed by atoms with Crippen LogP contribution < -0.4 is 5.73 Å². The van der Waals surface area contributed by atoms with Crippen LogP contribution >= 0.6 is 0 Å². The van der Waals surface area contributed by atoms with E-state index in [1.165, 1.54) is 29.5 Å². The molecule has 5 nitrogen and oxygen atoms in total. The maximum Gasteiger partial charge on any atom is 0.140 e. The smallest absolute Gasteiger partial charge is 0.140 e. The van der Waals surface area contributed by atoms with Crippen molar-refractivity contribution in [2.24, 2.45) is 18.7 Å². The lowest BCUT2D eigenvalue weighted by Gasteiger charge is -2.34. The summed E-state index contributed by atoms with van der Waals surface area (Å²) in [6, 6.07) is 6.93. The van der Waals surface area contributed by atoms with Crippen molar-refractivity contribution in [1.29, 1.82) is 0 Å². The summed E-state index contributed by atoms with van der Waals surface area (Å²) in [7, 11) is 2.05. The van der Waals surface area contributed by atoms with Crippen LogP contribution in [0.5, 0.6) is 0 Å². The van der Waals surface area contributed by atoms with Gasteiger partial charge in [-0.15, -0.1) is 0 Å². The van der Waals surface area contributed by atoms with E-state index in [0.717, 1.165) is 30.7 Å². The molecule has 2 fully saturated rings. The number of rotatable bonds is 4. The summed E-state index contributed by atoms with van der Waals surface area (Å²) in [6.45, 7) is 0.797. The normalized spacial score (nSPS) is 23.6. The van der Waals surface area contributed by atoms with Crippen molar-refractivity contribution in [2.75, 3.05) is 6.54 Å². The highest BCUT2D eigenvalue weighted by Crippen LogP contribution is 2.45. The van der Waals surface area contributed by atoms with Crippen LogP contribution in [0.4, 0.5) is 0 Å². The Bertz CT molecular complexity index is 896. The molecule has 2 saturated carbocycles. The number of nitrogens with zero attached hydrogens (tertiary/aromatic N) is 4. The van der Waals surface area contributed by atoms with Gasteiger partial charge in [-0.3, -0.25) is 4.68 Å². The first kappa shape index (κ1) is 14.2. The predicted octanol–water partition coefficient (Wildman–Crippen LogP) is 3.22. The molecule has 0 atom stereocenters. The van der Waals surface area contributed by atoms with E-state index in [9.17, 15) is 0 Å². The summed E-state index contributed by atoms with van der Waals surface area (Å²) in [6.07, 6.45) is 9.12. The van der Waals surface area contributed by atoms with E-state index >= 15 is 0 Å². The maximum absolute atomic E-state index is 5.77. The van der Waals surface area contributed by atoms with Crippen molar-refractivity contribution < 1.29 is 0 Å². The van der Waals surface area contributed by atoms with Gasteiger partial charge < -0.3 is 10.3 Å². The largest absolute Gasteiger partial charge is 0.336 e. The number of hydrogen-bond donors (Lipinski definition) is 1. The monoisotopic (exact) mass is 321 g/mol. The van der Waals surface area contributed by atoms with Gasteiger partial charge >= 0.3 is 0 Å². The Morgan fingerprint density at radius 3 is 2.79 bits per heavy atom.